The van der Waals surface area contributed by atoms with Crippen LogP contribution in [0, 0.1) is 6.92 Å². The molecular weight excluding hydrogens is 274 g/mol. The van der Waals surface area contributed by atoms with Crippen molar-refractivity contribution in [3.05, 3.63) is 34.7 Å². The lowest BCUT2D eigenvalue weighted by Crippen LogP contribution is -2.20. The van der Waals surface area contributed by atoms with Crippen LogP contribution in [0.5, 0.6) is 0 Å². The zero-order valence-electron chi connectivity index (χ0n) is 11.2. The van der Waals surface area contributed by atoms with Crippen molar-refractivity contribution in [3.63, 3.8) is 0 Å². The van der Waals surface area contributed by atoms with Gasteiger partial charge in [0.1, 0.15) is 0 Å². The Hall–Kier alpha value is -2.19. The summed E-state index contributed by atoms with van der Waals surface area (Å²) in [6.45, 7) is 2.67. The summed E-state index contributed by atoms with van der Waals surface area (Å²) in [5, 5.41) is 3.12. The lowest BCUT2D eigenvalue weighted by molar-refractivity contribution is 0.866. The third-order valence-corrected chi connectivity index (χ3v) is 3.75. The second-order valence-electron chi connectivity index (χ2n) is 4.47. The van der Waals surface area contributed by atoms with Crippen molar-refractivity contribution in [3.8, 4) is 0 Å². The highest BCUT2D eigenvalue weighted by atomic mass is 32.1. The van der Waals surface area contributed by atoms with Gasteiger partial charge in [-0.2, -0.15) is 0 Å². The van der Waals surface area contributed by atoms with Crippen molar-refractivity contribution in [2.75, 3.05) is 17.4 Å². The topological polar surface area (TPSA) is 84.4 Å². The second-order valence-corrected chi connectivity index (χ2v) is 5.53. The Kier molecular flexibility index (Phi) is 3.25. The van der Waals surface area contributed by atoms with E-state index in [0.29, 0.717) is 12.4 Å². The van der Waals surface area contributed by atoms with Crippen LogP contribution in [-0.2, 0) is 6.54 Å². The molecule has 0 saturated carbocycles. The largest absolute Gasteiger partial charge is 0.351 e. The number of hydrogen-bond donors (Lipinski definition) is 2. The second kappa shape index (κ2) is 5.06. The van der Waals surface area contributed by atoms with Gasteiger partial charge in [-0.3, -0.25) is 0 Å². The van der Waals surface area contributed by atoms with E-state index >= 15 is 0 Å². The van der Waals surface area contributed by atoms with E-state index < -0.39 is 0 Å². The molecule has 0 amide bonds. The minimum Gasteiger partial charge on any atom is -0.351 e. The number of nitrogens with zero attached hydrogens (tertiary/aromatic N) is 5. The van der Waals surface area contributed by atoms with Crippen LogP contribution in [-0.4, -0.2) is 26.4 Å². The van der Waals surface area contributed by atoms with Crippen molar-refractivity contribution in [1.82, 2.24) is 19.4 Å². The van der Waals surface area contributed by atoms with Crippen molar-refractivity contribution in [2.45, 2.75) is 13.5 Å². The number of nitrogens with two attached hydrogens (primary N) is 1. The summed E-state index contributed by atoms with van der Waals surface area (Å²) in [5.74, 6) is 6.81. The van der Waals surface area contributed by atoms with E-state index in [4.69, 9.17) is 5.84 Å². The van der Waals surface area contributed by atoms with E-state index in [9.17, 15) is 0 Å². The molecule has 0 fully saturated rings. The Balaban J connectivity index is 1.97. The van der Waals surface area contributed by atoms with E-state index in [0.717, 1.165) is 22.2 Å². The van der Waals surface area contributed by atoms with Gasteiger partial charge in [0.2, 0.25) is 0 Å². The molecule has 0 radical (unpaired) electrons. The smallest absolute Gasteiger partial charge is 0.180 e. The summed E-state index contributed by atoms with van der Waals surface area (Å²) in [4.78, 5) is 15.3. The molecule has 3 aromatic rings. The Bertz CT molecular complexity index is 732. The first-order valence-corrected chi connectivity index (χ1v) is 6.98. The van der Waals surface area contributed by atoms with Crippen LogP contribution >= 0.6 is 11.3 Å². The standard InChI is InChI=1S/C12H15N7S/c1-8-15-9(7-20-8)5-18(2)12-11-14-3-4-19(11)6-10(16-12)17-13/h3-4,6-7,17H,5,13H2,1-2H3. The Morgan fingerprint density at radius 3 is 3.00 bits per heavy atom. The minimum absolute atomic E-state index is 0.590. The van der Waals surface area contributed by atoms with Crippen LogP contribution in [0.4, 0.5) is 11.6 Å². The zero-order chi connectivity index (χ0) is 14.1. The van der Waals surface area contributed by atoms with Gasteiger partial charge >= 0.3 is 0 Å². The van der Waals surface area contributed by atoms with Crippen LogP contribution < -0.4 is 16.2 Å². The first-order valence-electron chi connectivity index (χ1n) is 6.10. The van der Waals surface area contributed by atoms with Crippen molar-refractivity contribution < 1.29 is 0 Å². The fourth-order valence-corrected chi connectivity index (χ4v) is 2.64. The number of hydrogen-bond acceptors (Lipinski definition) is 7. The lowest BCUT2D eigenvalue weighted by atomic mass is 10.4. The van der Waals surface area contributed by atoms with Crippen LogP contribution in [0.15, 0.2) is 24.0 Å². The van der Waals surface area contributed by atoms with Gasteiger partial charge in [-0.25, -0.2) is 20.8 Å². The number of aromatic nitrogens is 4. The molecule has 104 valence electrons. The normalized spacial score (nSPS) is 10.9. The molecule has 3 rings (SSSR count). The third-order valence-electron chi connectivity index (χ3n) is 2.93. The number of rotatable bonds is 4. The summed E-state index contributed by atoms with van der Waals surface area (Å²) < 4.78 is 1.89. The van der Waals surface area contributed by atoms with Gasteiger partial charge in [-0.15, -0.1) is 11.3 Å². The van der Waals surface area contributed by atoms with Crippen LogP contribution in [0.3, 0.4) is 0 Å². The van der Waals surface area contributed by atoms with Gasteiger partial charge < -0.3 is 14.7 Å². The Labute approximate surface area is 120 Å². The fraction of sp³-hybridized carbons (Fsp3) is 0.250. The predicted octanol–water partition coefficient (Wildman–Crippen LogP) is 1.42. The highest BCUT2D eigenvalue weighted by Crippen LogP contribution is 2.21. The first kappa shape index (κ1) is 12.8. The number of anilines is 2. The number of nitrogen functional groups attached to an aromatic ring is 1. The summed E-state index contributed by atoms with van der Waals surface area (Å²) in [5.41, 5.74) is 4.38. The first-order chi connectivity index (χ1) is 9.67. The Morgan fingerprint density at radius 1 is 1.45 bits per heavy atom. The molecule has 0 aliphatic carbocycles. The summed E-state index contributed by atoms with van der Waals surface area (Å²) in [6, 6.07) is 0. The number of fused-ring (bicyclic) bond motifs is 1. The summed E-state index contributed by atoms with van der Waals surface area (Å²) in [7, 11) is 1.96. The summed E-state index contributed by atoms with van der Waals surface area (Å²) in [6.07, 6.45) is 5.40. The molecular formula is C12H15N7S. The number of hydrazine groups is 1. The SMILES string of the molecule is Cc1nc(CN(C)c2nc(NN)cn3ccnc23)cs1. The van der Waals surface area contributed by atoms with Gasteiger partial charge in [0.05, 0.1) is 23.4 Å². The van der Waals surface area contributed by atoms with E-state index in [-0.39, 0.29) is 0 Å². The molecule has 0 aromatic carbocycles. The maximum absolute atomic E-state index is 5.46. The van der Waals surface area contributed by atoms with E-state index in [2.05, 4.69) is 25.8 Å². The van der Waals surface area contributed by atoms with Crippen molar-refractivity contribution >= 4 is 28.6 Å². The predicted molar refractivity (Wildman–Crippen MR) is 79.8 cm³/mol. The average molecular weight is 289 g/mol. The molecule has 3 N–H and O–H groups in total. The molecule has 0 unspecified atom stereocenters. The lowest BCUT2D eigenvalue weighted by Gasteiger charge is -2.18. The molecule has 20 heavy (non-hydrogen) atoms. The van der Waals surface area contributed by atoms with Gasteiger partial charge in [0.25, 0.3) is 0 Å². The fourth-order valence-electron chi connectivity index (χ4n) is 2.04. The van der Waals surface area contributed by atoms with Crippen molar-refractivity contribution in [2.24, 2.45) is 5.84 Å². The molecule has 7 nitrogen and oxygen atoms in total. The van der Waals surface area contributed by atoms with Crippen LogP contribution in [0.25, 0.3) is 5.65 Å². The molecule has 0 aliphatic rings. The minimum atomic E-state index is 0.590. The van der Waals surface area contributed by atoms with E-state index in [1.165, 1.54) is 0 Å². The molecule has 3 aromatic heterocycles. The number of thiazole rings is 1. The van der Waals surface area contributed by atoms with Crippen LogP contribution in [0.2, 0.25) is 0 Å². The monoisotopic (exact) mass is 289 g/mol. The highest BCUT2D eigenvalue weighted by molar-refractivity contribution is 7.09. The molecule has 3 heterocycles. The number of imidazole rings is 1. The van der Waals surface area contributed by atoms with Gasteiger partial charge in [-0.1, -0.05) is 0 Å². The maximum atomic E-state index is 5.46. The Morgan fingerprint density at radius 2 is 2.30 bits per heavy atom. The molecule has 0 spiro atoms. The third kappa shape index (κ3) is 2.30. The molecule has 0 atom stereocenters. The van der Waals surface area contributed by atoms with E-state index in [1.807, 2.05) is 29.5 Å². The highest BCUT2D eigenvalue weighted by Gasteiger charge is 2.13. The molecule has 0 aliphatic heterocycles. The van der Waals surface area contributed by atoms with Gasteiger partial charge in [0.15, 0.2) is 17.3 Å². The molecule has 8 heteroatoms. The summed E-state index contributed by atoms with van der Waals surface area (Å²) >= 11 is 1.64. The van der Waals surface area contributed by atoms with E-state index in [1.54, 1.807) is 23.7 Å². The van der Waals surface area contributed by atoms with Crippen molar-refractivity contribution in [1.29, 1.82) is 0 Å². The van der Waals surface area contributed by atoms with Crippen LogP contribution in [0.1, 0.15) is 10.7 Å². The molecule has 0 bridgehead atoms. The maximum Gasteiger partial charge on any atom is 0.180 e. The average Bonchev–Trinajstić information content (AvgIpc) is 3.06. The molecule has 0 saturated heterocycles. The zero-order valence-corrected chi connectivity index (χ0v) is 12.1. The quantitative estimate of drug-likeness (QED) is 0.558. The van der Waals surface area contributed by atoms with Gasteiger partial charge in [-0.05, 0) is 6.92 Å². The number of aryl methyl sites for hydroxylation is 1. The number of nitrogens with one attached hydrogen (secondary N) is 1. The van der Waals surface area contributed by atoms with Gasteiger partial charge in [0, 0.05) is 24.8 Å².